The number of hydrogen-bond acceptors (Lipinski definition) is 1. The van der Waals surface area contributed by atoms with Gasteiger partial charge >= 0.3 is 0 Å². The van der Waals surface area contributed by atoms with Gasteiger partial charge in [-0.3, -0.25) is 0 Å². The van der Waals surface area contributed by atoms with Crippen LogP contribution >= 0.6 is 23.2 Å². The highest BCUT2D eigenvalue weighted by Crippen LogP contribution is 2.23. The summed E-state index contributed by atoms with van der Waals surface area (Å²) in [5, 5.41) is 3.82. The molecule has 0 amide bonds. The average molecular weight is 284 g/mol. The molecular formula is C14H12Cl2FN. The highest BCUT2D eigenvalue weighted by atomic mass is 35.5. The minimum absolute atomic E-state index is 0.113. The Morgan fingerprint density at radius 1 is 1.11 bits per heavy atom. The molecule has 0 unspecified atom stereocenters. The molecule has 0 aromatic heterocycles. The van der Waals surface area contributed by atoms with Crippen molar-refractivity contribution in [1.29, 1.82) is 0 Å². The maximum Gasteiger partial charge on any atom is 0.164 e. The van der Waals surface area contributed by atoms with Crippen molar-refractivity contribution in [3.05, 3.63) is 63.4 Å². The molecule has 0 saturated carbocycles. The summed E-state index contributed by atoms with van der Waals surface area (Å²) in [5.74, 6) is -0.433. The molecule has 0 saturated heterocycles. The van der Waals surface area contributed by atoms with Crippen molar-refractivity contribution in [2.75, 3.05) is 5.32 Å². The third-order valence-corrected chi connectivity index (χ3v) is 3.37. The van der Waals surface area contributed by atoms with Gasteiger partial charge in [-0.15, -0.1) is 0 Å². The Hall–Kier alpha value is -1.25. The van der Waals surface area contributed by atoms with Crippen molar-refractivity contribution in [1.82, 2.24) is 0 Å². The van der Waals surface area contributed by atoms with Crippen LogP contribution in [0.15, 0.2) is 36.4 Å². The van der Waals surface area contributed by atoms with E-state index in [0.717, 1.165) is 11.1 Å². The minimum Gasteiger partial charge on any atom is -0.379 e. The molecule has 0 atom stereocenters. The van der Waals surface area contributed by atoms with E-state index >= 15 is 0 Å². The van der Waals surface area contributed by atoms with Crippen molar-refractivity contribution < 1.29 is 4.39 Å². The van der Waals surface area contributed by atoms with Gasteiger partial charge in [-0.05, 0) is 36.2 Å². The van der Waals surface area contributed by atoms with Gasteiger partial charge in [0.2, 0.25) is 0 Å². The van der Waals surface area contributed by atoms with E-state index in [9.17, 15) is 4.39 Å². The Balaban J connectivity index is 2.11. The van der Waals surface area contributed by atoms with Gasteiger partial charge in [-0.2, -0.15) is 0 Å². The van der Waals surface area contributed by atoms with E-state index in [0.29, 0.717) is 17.3 Å². The van der Waals surface area contributed by atoms with E-state index in [4.69, 9.17) is 23.2 Å². The molecule has 4 heteroatoms. The summed E-state index contributed by atoms with van der Waals surface area (Å²) in [5.41, 5.74) is 2.40. The van der Waals surface area contributed by atoms with E-state index in [1.165, 1.54) is 6.07 Å². The first-order valence-electron chi connectivity index (χ1n) is 5.51. The summed E-state index contributed by atoms with van der Waals surface area (Å²) in [6, 6.07) is 10.6. The fourth-order valence-electron chi connectivity index (χ4n) is 1.58. The lowest BCUT2D eigenvalue weighted by molar-refractivity contribution is 0.630. The van der Waals surface area contributed by atoms with Gasteiger partial charge in [0.05, 0.1) is 10.7 Å². The summed E-state index contributed by atoms with van der Waals surface area (Å²) in [6.07, 6.45) is 0. The largest absolute Gasteiger partial charge is 0.379 e. The van der Waals surface area contributed by atoms with Gasteiger partial charge in [0.1, 0.15) is 0 Å². The number of aryl methyl sites for hydroxylation is 1. The molecule has 0 fully saturated rings. The molecule has 0 heterocycles. The van der Waals surface area contributed by atoms with Gasteiger partial charge in [-0.25, -0.2) is 4.39 Å². The Morgan fingerprint density at radius 3 is 2.61 bits per heavy atom. The maximum absolute atomic E-state index is 13.6. The standard InChI is InChI=1S/C14H12Cl2FN/c1-9-5-6-10(7-12(9)16)8-18-13-4-2-3-11(15)14(13)17/h2-7,18H,8H2,1H3. The van der Waals surface area contributed by atoms with Crippen LogP contribution in [0.25, 0.3) is 0 Å². The fourth-order valence-corrected chi connectivity index (χ4v) is 1.96. The van der Waals surface area contributed by atoms with E-state index in [2.05, 4.69) is 5.32 Å². The van der Waals surface area contributed by atoms with Gasteiger partial charge in [-0.1, -0.05) is 41.4 Å². The lowest BCUT2D eigenvalue weighted by Crippen LogP contribution is -2.01. The lowest BCUT2D eigenvalue weighted by atomic mass is 10.1. The molecule has 1 N–H and O–H groups in total. The van der Waals surface area contributed by atoms with Crippen LogP contribution in [0.2, 0.25) is 10.0 Å². The van der Waals surface area contributed by atoms with Crippen molar-refractivity contribution in [3.63, 3.8) is 0 Å². The summed E-state index contributed by atoms with van der Waals surface area (Å²) >= 11 is 11.7. The van der Waals surface area contributed by atoms with Crippen LogP contribution in [0.5, 0.6) is 0 Å². The molecule has 0 spiro atoms. The molecule has 18 heavy (non-hydrogen) atoms. The van der Waals surface area contributed by atoms with E-state index in [1.807, 2.05) is 25.1 Å². The number of rotatable bonds is 3. The zero-order valence-electron chi connectivity index (χ0n) is 9.81. The van der Waals surface area contributed by atoms with Crippen molar-refractivity contribution in [2.24, 2.45) is 0 Å². The van der Waals surface area contributed by atoms with Crippen LogP contribution in [0.3, 0.4) is 0 Å². The summed E-state index contributed by atoms with van der Waals surface area (Å²) in [6.45, 7) is 2.44. The van der Waals surface area contributed by atoms with Crippen LogP contribution in [0.4, 0.5) is 10.1 Å². The zero-order chi connectivity index (χ0) is 13.1. The van der Waals surface area contributed by atoms with Crippen molar-refractivity contribution >= 4 is 28.9 Å². The first kappa shape index (κ1) is 13.2. The minimum atomic E-state index is -0.433. The third kappa shape index (κ3) is 2.95. The van der Waals surface area contributed by atoms with Crippen molar-refractivity contribution in [3.8, 4) is 0 Å². The second-order valence-corrected chi connectivity index (χ2v) is 4.85. The first-order valence-corrected chi connectivity index (χ1v) is 6.26. The zero-order valence-corrected chi connectivity index (χ0v) is 11.3. The van der Waals surface area contributed by atoms with Gasteiger partial charge < -0.3 is 5.32 Å². The number of nitrogens with one attached hydrogen (secondary N) is 1. The van der Waals surface area contributed by atoms with Crippen LogP contribution < -0.4 is 5.32 Å². The SMILES string of the molecule is Cc1ccc(CNc2cccc(Cl)c2F)cc1Cl. The Labute approximate surface area is 116 Å². The summed E-state index contributed by atoms with van der Waals surface area (Å²) in [4.78, 5) is 0. The van der Waals surface area contributed by atoms with Crippen molar-refractivity contribution in [2.45, 2.75) is 13.5 Å². The third-order valence-electron chi connectivity index (χ3n) is 2.67. The summed E-state index contributed by atoms with van der Waals surface area (Å²) < 4.78 is 13.6. The molecule has 94 valence electrons. The molecule has 0 aliphatic heterocycles. The Morgan fingerprint density at radius 2 is 1.89 bits per heavy atom. The summed E-state index contributed by atoms with van der Waals surface area (Å²) in [7, 11) is 0. The van der Waals surface area contributed by atoms with E-state index in [-0.39, 0.29) is 5.02 Å². The predicted octanol–water partition coefficient (Wildman–Crippen LogP) is 5.05. The van der Waals surface area contributed by atoms with Gasteiger partial charge in [0.15, 0.2) is 5.82 Å². The van der Waals surface area contributed by atoms with Gasteiger partial charge in [0.25, 0.3) is 0 Å². The first-order chi connectivity index (χ1) is 8.58. The fraction of sp³-hybridized carbons (Fsp3) is 0.143. The highest BCUT2D eigenvalue weighted by Gasteiger charge is 2.05. The monoisotopic (exact) mass is 283 g/mol. The normalized spacial score (nSPS) is 10.4. The molecule has 0 aliphatic carbocycles. The molecule has 0 aliphatic rings. The highest BCUT2D eigenvalue weighted by molar-refractivity contribution is 6.31. The number of halogens is 3. The van der Waals surface area contributed by atoms with Gasteiger partial charge in [0, 0.05) is 11.6 Å². The predicted molar refractivity (Wildman–Crippen MR) is 74.9 cm³/mol. The second kappa shape index (κ2) is 5.59. The molecule has 2 rings (SSSR count). The Bertz CT molecular complexity index is 570. The molecule has 0 radical (unpaired) electrons. The quantitative estimate of drug-likeness (QED) is 0.831. The number of anilines is 1. The molecule has 2 aromatic rings. The molecule has 1 nitrogen and oxygen atoms in total. The maximum atomic E-state index is 13.6. The Kier molecular flexibility index (Phi) is 4.10. The molecular weight excluding hydrogens is 272 g/mol. The van der Waals surface area contributed by atoms with E-state index in [1.54, 1.807) is 12.1 Å². The van der Waals surface area contributed by atoms with E-state index < -0.39 is 5.82 Å². The topological polar surface area (TPSA) is 12.0 Å². The van der Waals surface area contributed by atoms with Crippen LogP contribution in [0.1, 0.15) is 11.1 Å². The smallest absolute Gasteiger partial charge is 0.164 e. The lowest BCUT2D eigenvalue weighted by Gasteiger charge is -2.09. The van der Waals surface area contributed by atoms with Crippen LogP contribution in [0, 0.1) is 12.7 Å². The molecule has 2 aromatic carbocycles. The average Bonchev–Trinajstić information content (AvgIpc) is 2.35. The van der Waals surface area contributed by atoms with Crippen LogP contribution in [-0.4, -0.2) is 0 Å². The number of hydrogen-bond donors (Lipinski definition) is 1. The number of benzene rings is 2. The second-order valence-electron chi connectivity index (χ2n) is 4.04. The molecule has 0 bridgehead atoms. The van der Waals surface area contributed by atoms with Crippen LogP contribution in [-0.2, 0) is 6.54 Å².